The zero-order valence-electron chi connectivity index (χ0n) is 11.6. The molecule has 0 saturated heterocycles. The molecule has 0 unspecified atom stereocenters. The molecule has 0 aliphatic carbocycles. The third kappa shape index (κ3) is 2.85. The number of rotatable bonds is 3. The van der Waals surface area contributed by atoms with Crippen molar-refractivity contribution in [2.75, 3.05) is 4.90 Å². The van der Waals surface area contributed by atoms with E-state index in [0.717, 1.165) is 17.1 Å². The van der Waals surface area contributed by atoms with E-state index in [1.807, 2.05) is 73.7 Å². The number of nitrogens with zero attached hydrogens (tertiary/aromatic N) is 2. The van der Waals surface area contributed by atoms with Crippen molar-refractivity contribution >= 4 is 28.8 Å². The molecule has 0 spiro atoms. The molecule has 0 aliphatic heterocycles. The topological polar surface area (TPSA) is 33.2 Å². The second-order valence-corrected chi connectivity index (χ2v) is 5.45. The average Bonchev–Trinajstić information content (AvgIpc) is 2.96. The summed E-state index contributed by atoms with van der Waals surface area (Å²) in [7, 11) is 0. The van der Waals surface area contributed by atoms with E-state index < -0.39 is 0 Å². The monoisotopic (exact) mass is 294 g/mol. The molecule has 0 radical (unpaired) electrons. The second kappa shape index (κ2) is 5.89. The number of aryl methyl sites for hydroxylation is 1. The number of hydrogen-bond donors (Lipinski definition) is 0. The minimum Gasteiger partial charge on any atom is -0.276 e. The molecule has 104 valence electrons. The van der Waals surface area contributed by atoms with Crippen molar-refractivity contribution < 1.29 is 4.79 Å². The first-order chi connectivity index (χ1) is 10.3. The Bertz CT molecular complexity index is 698. The van der Waals surface area contributed by atoms with Crippen LogP contribution in [0.15, 0.2) is 66.7 Å². The molecule has 0 aliphatic rings. The van der Waals surface area contributed by atoms with E-state index in [1.165, 1.54) is 11.5 Å². The zero-order chi connectivity index (χ0) is 14.7. The molecule has 1 amide bonds. The van der Waals surface area contributed by atoms with Gasteiger partial charge in [-0.3, -0.25) is 9.69 Å². The molecular formula is C17H14N2OS. The Balaban J connectivity index is 2.07. The highest BCUT2D eigenvalue weighted by Gasteiger charge is 2.21. The number of amides is 1. The lowest BCUT2D eigenvalue weighted by atomic mass is 10.2. The predicted octanol–water partition coefficient (Wildman–Crippen LogP) is 4.43. The maximum atomic E-state index is 12.9. The summed E-state index contributed by atoms with van der Waals surface area (Å²) in [4.78, 5) is 15.2. The van der Waals surface area contributed by atoms with Crippen molar-refractivity contribution in [3.63, 3.8) is 0 Å². The van der Waals surface area contributed by atoms with Crippen molar-refractivity contribution in [3.8, 4) is 0 Å². The Morgan fingerprint density at radius 2 is 1.48 bits per heavy atom. The van der Waals surface area contributed by atoms with Gasteiger partial charge >= 0.3 is 0 Å². The number of hydrogen-bond acceptors (Lipinski definition) is 3. The van der Waals surface area contributed by atoms with E-state index in [2.05, 4.69) is 4.37 Å². The third-order valence-corrected chi connectivity index (χ3v) is 3.94. The smallest absolute Gasteiger partial charge is 0.274 e. The lowest BCUT2D eigenvalue weighted by molar-refractivity contribution is 0.100. The van der Waals surface area contributed by atoms with Gasteiger partial charge in [-0.2, -0.15) is 4.37 Å². The number of benzene rings is 2. The van der Waals surface area contributed by atoms with E-state index in [9.17, 15) is 4.79 Å². The number of anilines is 2. The van der Waals surface area contributed by atoms with Gasteiger partial charge in [0.05, 0.1) is 5.69 Å². The molecule has 0 N–H and O–H groups in total. The van der Waals surface area contributed by atoms with E-state index in [4.69, 9.17) is 0 Å². The van der Waals surface area contributed by atoms with E-state index >= 15 is 0 Å². The van der Waals surface area contributed by atoms with Crippen molar-refractivity contribution in [2.24, 2.45) is 0 Å². The van der Waals surface area contributed by atoms with E-state index in [1.54, 1.807) is 4.90 Å². The lowest BCUT2D eigenvalue weighted by Crippen LogP contribution is -2.25. The minimum absolute atomic E-state index is 0.0574. The molecule has 0 fully saturated rings. The Labute approximate surface area is 127 Å². The predicted molar refractivity (Wildman–Crippen MR) is 86.2 cm³/mol. The van der Waals surface area contributed by atoms with Crippen molar-refractivity contribution in [1.82, 2.24) is 4.37 Å². The number of carbonyl (C=O) groups is 1. The summed E-state index contributed by atoms with van der Waals surface area (Å²) in [5, 5.41) is 0. The molecule has 3 aromatic rings. The molecule has 21 heavy (non-hydrogen) atoms. The molecule has 1 aromatic heterocycles. The van der Waals surface area contributed by atoms with Crippen LogP contribution in [0, 0.1) is 6.92 Å². The van der Waals surface area contributed by atoms with Gasteiger partial charge < -0.3 is 0 Å². The van der Waals surface area contributed by atoms with Gasteiger partial charge in [-0.1, -0.05) is 36.4 Å². The fourth-order valence-electron chi connectivity index (χ4n) is 2.11. The van der Waals surface area contributed by atoms with Crippen LogP contribution in [0.1, 0.15) is 15.4 Å². The molecule has 3 nitrogen and oxygen atoms in total. The van der Waals surface area contributed by atoms with Crippen molar-refractivity contribution in [2.45, 2.75) is 6.92 Å². The van der Waals surface area contributed by atoms with Gasteiger partial charge in [0, 0.05) is 11.4 Å². The van der Waals surface area contributed by atoms with E-state index in [-0.39, 0.29) is 5.91 Å². The van der Waals surface area contributed by atoms with Crippen molar-refractivity contribution in [1.29, 1.82) is 0 Å². The molecule has 3 rings (SSSR count). The summed E-state index contributed by atoms with van der Waals surface area (Å²) in [6, 6.07) is 21.1. The third-order valence-electron chi connectivity index (χ3n) is 3.07. The van der Waals surface area contributed by atoms with Gasteiger partial charge in [0.25, 0.3) is 5.91 Å². The van der Waals surface area contributed by atoms with Crippen LogP contribution in [0.3, 0.4) is 0 Å². The summed E-state index contributed by atoms with van der Waals surface area (Å²) in [5.41, 5.74) is 2.56. The average molecular weight is 294 g/mol. The standard InChI is InChI=1S/C17H14N2OS/c1-13-12-16(21-18-13)17(20)19(14-8-4-2-5-9-14)15-10-6-3-7-11-15/h2-12H,1H3. The fraction of sp³-hybridized carbons (Fsp3) is 0.0588. The lowest BCUT2D eigenvalue weighted by Gasteiger charge is -2.22. The highest BCUT2D eigenvalue weighted by molar-refractivity contribution is 7.08. The van der Waals surface area contributed by atoms with Gasteiger partial charge in [-0.25, -0.2) is 0 Å². The van der Waals surface area contributed by atoms with Crippen LogP contribution >= 0.6 is 11.5 Å². The highest BCUT2D eigenvalue weighted by Crippen LogP contribution is 2.28. The van der Waals surface area contributed by atoms with Crippen LogP contribution in [0.25, 0.3) is 0 Å². The first-order valence-corrected chi connectivity index (χ1v) is 7.41. The Hall–Kier alpha value is -2.46. The summed E-state index contributed by atoms with van der Waals surface area (Å²) in [6.07, 6.45) is 0. The SMILES string of the molecule is Cc1cc(C(=O)N(c2ccccc2)c2ccccc2)sn1. The maximum absolute atomic E-state index is 12.9. The second-order valence-electron chi connectivity index (χ2n) is 4.64. The van der Waals surface area contributed by atoms with Crippen molar-refractivity contribution in [3.05, 3.63) is 77.3 Å². The van der Waals surface area contributed by atoms with E-state index in [0.29, 0.717) is 4.88 Å². The Kier molecular flexibility index (Phi) is 3.79. The van der Waals surface area contributed by atoms with Crippen LogP contribution in [-0.4, -0.2) is 10.3 Å². The number of aromatic nitrogens is 1. The molecule has 1 heterocycles. The molecule has 0 saturated carbocycles. The summed E-state index contributed by atoms with van der Waals surface area (Å²) < 4.78 is 4.20. The fourth-order valence-corrected chi connectivity index (χ4v) is 2.80. The van der Waals surface area contributed by atoms with Crippen LogP contribution in [-0.2, 0) is 0 Å². The van der Waals surface area contributed by atoms with Gasteiger partial charge in [-0.05, 0) is 48.8 Å². The quantitative estimate of drug-likeness (QED) is 0.716. The maximum Gasteiger partial charge on any atom is 0.274 e. The highest BCUT2D eigenvalue weighted by atomic mass is 32.1. The Morgan fingerprint density at radius 3 is 1.90 bits per heavy atom. The molecule has 4 heteroatoms. The molecule has 0 atom stereocenters. The van der Waals surface area contributed by atoms with Gasteiger partial charge in [0.15, 0.2) is 0 Å². The van der Waals surface area contributed by atoms with Crippen LogP contribution in [0.5, 0.6) is 0 Å². The largest absolute Gasteiger partial charge is 0.276 e. The van der Waals surface area contributed by atoms with Crippen LogP contribution in [0.2, 0.25) is 0 Å². The summed E-state index contributed by atoms with van der Waals surface area (Å²) in [6.45, 7) is 1.89. The van der Waals surface area contributed by atoms with Gasteiger partial charge in [0.2, 0.25) is 0 Å². The van der Waals surface area contributed by atoms with Gasteiger partial charge in [0.1, 0.15) is 4.88 Å². The first kappa shape index (κ1) is 13.5. The minimum atomic E-state index is -0.0574. The first-order valence-electron chi connectivity index (χ1n) is 6.63. The molecule has 0 bridgehead atoms. The number of para-hydroxylation sites is 2. The zero-order valence-corrected chi connectivity index (χ0v) is 12.4. The normalized spacial score (nSPS) is 10.3. The summed E-state index contributed by atoms with van der Waals surface area (Å²) >= 11 is 1.23. The van der Waals surface area contributed by atoms with Crippen LogP contribution < -0.4 is 4.90 Å². The Morgan fingerprint density at radius 1 is 0.952 bits per heavy atom. The molecular weight excluding hydrogens is 280 g/mol. The summed E-state index contributed by atoms with van der Waals surface area (Å²) in [5.74, 6) is -0.0574. The van der Waals surface area contributed by atoms with Gasteiger partial charge in [-0.15, -0.1) is 0 Å². The molecule has 2 aromatic carbocycles. The van der Waals surface area contributed by atoms with Crippen LogP contribution in [0.4, 0.5) is 11.4 Å². The number of carbonyl (C=O) groups excluding carboxylic acids is 1.